The van der Waals surface area contributed by atoms with Gasteiger partial charge in [-0.1, -0.05) is 63.9 Å². The Kier molecular flexibility index (Phi) is 4.56. The van der Waals surface area contributed by atoms with Gasteiger partial charge in [0.15, 0.2) is 0 Å². The summed E-state index contributed by atoms with van der Waals surface area (Å²) in [6.45, 7) is 0. The van der Waals surface area contributed by atoms with Crippen molar-refractivity contribution in [2.75, 3.05) is 5.33 Å². The van der Waals surface area contributed by atoms with Crippen LogP contribution in [0.25, 0.3) is 11.6 Å². The first-order valence-electron chi connectivity index (χ1n) is 5.47. The molecule has 18 heavy (non-hydrogen) atoms. The Balaban J connectivity index is 2.41. The molecule has 0 heterocycles. The molecule has 2 aromatic carbocycles. The first-order chi connectivity index (χ1) is 8.70. The van der Waals surface area contributed by atoms with Crippen molar-refractivity contribution in [2.24, 2.45) is 0 Å². The van der Waals surface area contributed by atoms with Crippen LogP contribution in [0.1, 0.15) is 11.1 Å². The number of benzene rings is 2. The van der Waals surface area contributed by atoms with Crippen LogP contribution in [0, 0.1) is 5.82 Å². The van der Waals surface area contributed by atoms with Crippen LogP contribution in [-0.4, -0.2) is 5.33 Å². The van der Waals surface area contributed by atoms with Gasteiger partial charge in [0, 0.05) is 5.33 Å². The Morgan fingerprint density at radius 1 is 1.17 bits per heavy atom. The quantitative estimate of drug-likeness (QED) is 0.522. The topological polar surface area (TPSA) is 0 Å². The third-order valence-electron chi connectivity index (χ3n) is 2.58. The SMILES string of the molecule is Fc1ccc(C=C(CBr)c2ccccc2)c(Cl)c1. The zero-order valence-corrected chi connectivity index (χ0v) is 11.9. The Morgan fingerprint density at radius 3 is 2.50 bits per heavy atom. The number of hydrogen-bond donors (Lipinski definition) is 0. The molecule has 0 fully saturated rings. The molecule has 0 amide bonds. The van der Waals surface area contributed by atoms with Crippen molar-refractivity contribution in [1.82, 2.24) is 0 Å². The molecule has 0 atom stereocenters. The van der Waals surface area contributed by atoms with Gasteiger partial charge in [0.25, 0.3) is 0 Å². The van der Waals surface area contributed by atoms with Crippen LogP contribution in [0.15, 0.2) is 48.5 Å². The van der Waals surface area contributed by atoms with Crippen molar-refractivity contribution in [1.29, 1.82) is 0 Å². The van der Waals surface area contributed by atoms with E-state index in [4.69, 9.17) is 11.6 Å². The fraction of sp³-hybridized carbons (Fsp3) is 0.0667. The molecule has 0 aliphatic carbocycles. The molecule has 2 aromatic rings. The van der Waals surface area contributed by atoms with Gasteiger partial charge >= 0.3 is 0 Å². The van der Waals surface area contributed by atoms with E-state index in [1.807, 2.05) is 36.4 Å². The van der Waals surface area contributed by atoms with Crippen molar-refractivity contribution in [3.05, 3.63) is 70.5 Å². The largest absolute Gasteiger partial charge is 0.207 e. The Labute approximate surface area is 119 Å². The molecule has 92 valence electrons. The van der Waals surface area contributed by atoms with Gasteiger partial charge in [0.05, 0.1) is 5.02 Å². The molecular weight excluding hydrogens is 315 g/mol. The van der Waals surface area contributed by atoms with E-state index in [2.05, 4.69) is 15.9 Å². The van der Waals surface area contributed by atoms with Gasteiger partial charge in [-0.2, -0.15) is 0 Å². The van der Waals surface area contributed by atoms with Crippen molar-refractivity contribution in [3.8, 4) is 0 Å². The summed E-state index contributed by atoms with van der Waals surface area (Å²) in [5.74, 6) is -0.322. The minimum Gasteiger partial charge on any atom is -0.207 e. The number of allylic oxidation sites excluding steroid dienone is 1. The number of rotatable bonds is 3. The summed E-state index contributed by atoms with van der Waals surface area (Å²) in [6, 6.07) is 14.4. The van der Waals surface area contributed by atoms with Crippen LogP contribution >= 0.6 is 27.5 Å². The second-order valence-corrected chi connectivity index (χ2v) is 4.80. The molecule has 0 saturated carbocycles. The summed E-state index contributed by atoms with van der Waals surface area (Å²) in [7, 11) is 0. The molecule has 0 spiro atoms. The summed E-state index contributed by atoms with van der Waals surface area (Å²) in [5.41, 5.74) is 3.04. The van der Waals surface area contributed by atoms with Gasteiger partial charge in [-0.05, 0) is 34.9 Å². The van der Waals surface area contributed by atoms with E-state index < -0.39 is 0 Å². The van der Waals surface area contributed by atoms with Crippen LogP contribution in [0.4, 0.5) is 4.39 Å². The predicted octanol–water partition coefficient (Wildman–Crippen LogP) is 5.41. The molecule has 3 heteroatoms. The summed E-state index contributed by atoms with van der Waals surface area (Å²) in [5, 5.41) is 1.13. The Hall–Kier alpha value is -1.12. The minimum absolute atomic E-state index is 0.322. The highest BCUT2D eigenvalue weighted by Crippen LogP contribution is 2.25. The van der Waals surface area contributed by atoms with Gasteiger partial charge in [-0.25, -0.2) is 4.39 Å². The average Bonchev–Trinajstić information content (AvgIpc) is 2.39. The standard InChI is InChI=1S/C15H11BrClF/c16-10-13(11-4-2-1-3-5-11)8-12-6-7-14(18)9-15(12)17/h1-9H,10H2. The van der Waals surface area contributed by atoms with Crippen LogP contribution in [0.5, 0.6) is 0 Å². The molecule has 0 radical (unpaired) electrons. The molecule has 0 nitrogen and oxygen atoms in total. The van der Waals surface area contributed by atoms with Crippen molar-refractivity contribution in [3.63, 3.8) is 0 Å². The van der Waals surface area contributed by atoms with Crippen molar-refractivity contribution < 1.29 is 4.39 Å². The molecule has 0 unspecified atom stereocenters. The second-order valence-electron chi connectivity index (χ2n) is 3.84. The first-order valence-corrected chi connectivity index (χ1v) is 6.97. The highest BCUT2D eigenvalue weighted by Gasteiger charge is 2.03. The van der Waals surface area contributed by atoms with E-state index >= 15 is 0 Å². The molecule has 0 aliphatic rings. The average molecular weight is 326 g/mol. The highest BCUT2D eigenvalue weighted by molar-refractivity contribution is 9.09. The fourth-order valence-electron chi connectivity index (χ4n) is 1.66. The summed E-state index contributed by atoms with van der Waals surface area (Å²) >= 11 is 9.48. The molecule has 0 N–H and O–H groups in total. The Morgan fingerprint density at radius 2 is 1.89 bits per heavy atom. The lowest BCUT2D eigenvalue weighted by Gasteiger charge is -2.05. The minimum atomic E-state index is -0.322. The lowest BCUT2D eigenvalue weighted by molar-refractivity contribution is 0.628. The van der Waals surface area contributed by atoms with Crippen LogP contribution in [0.2, 0.25) is 5.02 Å². The maximum atomic E-state index is 13.0. The van der Waals surface area contributed by atoms with E-state index in [0.717, 1.165) is 16.7 Å². The van der Waals surface area contributed by atoms with Crippen molar-refractivity contribution >= 4 is 39.2 Å². The van der Waals surface area contributed by atoms with E-state index in [1.165, 1.54) is 12.1 Å². The van der Waals surface area contributed by atoms with Gasteiger partial charge in [0.1, 0.15) is 5.82 Å². The van der Waals surface area contributed by atoms with E-state index in [0.29, 0.717) is 10.4 Å². The maximum Gasteiger partial charge on any atom is 0.124 e. The number of halogens is 3. The zero-order chi connectivity index (χ0) is 13.0. The number of hydrogen-bond acceptors (Lipinski definition) is 0. The molecule has 0 aromatic heterocycles. The summed E-state index contributed by atoms with van der Waals surface area (Å²) < 4.78 is 13.0. The number of alkyl halides is 1. The van der Waals surface area contributed by atoms with E-state index in [1.54, 1.807) is 6.07 Å². The predicted molar refractivity (Wildman–Crippen MR) is 79.5 cm³/mol. The van der Waals surface area contributed by atoms with Crippen LogP contribution in [0.3, 0.4) is 0 Å². The Bertz CT molecular complexity index is 564. The maximum absolute atomic E-state index is 13.0. The second kappa shape index (κ2) is 6.17. The monoisotopic (exact) mass is 324 g/mol. The summed E-state index contributed by atoms with van der Waals surface area (Å²) in [6.07, 6.45) is 1.96. The fourth-order valence-corrected chi connectivity index (χ4v) is 2.36. The third kappa shape index (κ3) is 3.21. The van der Waals surface area contributed by atoms with E-state index in [-0.39, 0.29) is 5.82 Å². The molecule has 0 aliphatic heterocycles. The molecule has 2 rings (SSSR count). The smallest absolute Gasteiger partial charge is 0.124 e. The van der Waals surface area contributed by atoms with Crippen LogP contribution in [-0.2, 0) is 0 Å². The molecule has 0 bridgehead atoms. The lowest BCUT2D eigenvalue weighted by atomic mass is 10.0. The molecule has 0 saturated heterocycles. The third-order valence-corrected chi connectivity index (χ3v) is 3.51. The zero-order valence-electron chi connectivity index (χ0n) is 9.54. The van der Waals surface area contributed by atoms with E-state index in [9.17, 15) is 4.39 Å². The van der Waals surface area contributed by atoms with Crippen molar-refractivity contribution in [2.45, 2.75) is 0 Å². The summed E-state index contributed by atoms with van der Waals surface area (Å²) in [4.78, 5) is 0. The normalized spacial score (nSPS) is 11.6. The van der Waals surface area contributed by atoms with Gasteiger partial charge in [-0.15, -0.1) is 0 Å². The van der Waals surface area contributed by atoms with Gasteiger partial charge < -0.3 is 0 Å². The lowest BCUT2D eigenvalue weighted by Crippen LogP contribution is -1.86. The van der Waals surface area contributed by atoms with Crippen LogP contribution < -0.4 is 0 Å². The molecular formula is C15H11BrClF. The van der Waals surface area contributed by atoms with Gasteiger partial charge in [-0.3, -0.25) is 0 Å². The first kappa shape index (κ1) is 13.3. The van der Waals surface area contributed by atoms with Gasteiger partial charge in [0.2, 0.25) is 0 Å². The highest BCUT2D eigenvalue weighted by atomic mass is 79.9.